The first-order chi connectivity index (χ1) is 9.95. The van der Waals surface area contributed by atoms with Gasteiger partial charge in [-0.15, -0.1) is 0 Å². The number of hydrogen-bond acceptors (Lipinski definition) is 4. The van der Waals surface area contributed by atoms with Crippen LogP contribution in [0.15, 0.2) is 22.7 Å². The lowest BCUT2D eigenvalue weighted by molar-refractivity contribution is -0.140. The van der Waals surface area contributed by atoms with E-state index in [0.29, 0.717) is 11.5 Å². The van der Waals surface area contributed by atoms with Gasteiger partial charge in [0.05, 0.1) is 0 Å². The number of carboxylic acids is 1. The molecule has 0 aliphatic carbocycles. The molecule has 1 aromatic rings. The Morgan fingerprint density at radius 2 is 2.33 bits per heavy atom. The smallest absolute Gasteiger partial charge is 0.327 e. The maximum Gasteiger partial charge on any atom is 0.327 e. The molecule has 5 nitrogen and oxygen atoms in total. The van der Waals surface area contributed by atoms with Gasteiger partial charge in [0.25, 0.3) is 0 Å². The minimum atomic E-state index is -1.02. The number of aliphatic carboxylic acids is 1. The van der Waals surface area contributed by atoms with Crippen LogP contribution in [0, 0.1) is 0 Å². The highest BCUT2D eigenvalue weighted by Gasteiger charge is 2.24. The molecule has 0 bridgehead atoms. The van der Waals surface area contributed by atoms with Crippen LogP contribution >= 0.6 is 27.7 Å². The zero-order chi connectivity index (χ0) is 15.4. The molecule has 114 valence electrons. The van der Waals surface area contributed by atoms with Gasteiger partial charge in [-0.2, -0.15) is 11.8 Å². The number of carbonyl (C=O) groups is 2. The van der Waals surface area contributed by atoms with Gasteiger partial charge in [0.1, 0.15) is 17.9 Å². The number of carbonyl (C=O) groups excluding carboxylic acids is 1. The summed E-state index contributed by atoms with van der Waals surface area (Å²) in [6.07, 6.45) is 0.866. The normalized spacial score (nSPS) is 17.7. The maximum absolute atomic E-state index is 11.0. The molecule has 0 aromatic heterocycles. The summed E-state index contributed by atoms with van der Waals surface area (Å²) in [5, 5.41) is 11.4. The van der Waals surface area contributed by atoms with Crippen molar-refractivity contribution in [3.63, 3.8) is 0 Å². The van der Waals surface area contributed by atoms with Gasteiger partial charge in [-0.3, -0.25) is 4.79 Å². The number of hydrogen-bond donors (Lipinski definition) is 2. The fourth-order valence-corrected chi connectivity index (χ4v) is 3.57. The monoisotopic (exact) mass is 373 g/mol. The number of benzene rings is 1. The summed E-state index contributed by atoms with van der Waals surface area (Å²) < 4.78 is 6.83. The molecule has 1 heterocycles. The number of amides is 1. The van der Waals surface area contributed by atoms with Gasteiger partial charge in [0, 0.05) is 29.3 Å². The van der Waals surface area contributed by atoms with E-state index in [1.54, 1.807) is 0 Å². The number of fused-ring (bicyclic) bond motifs is 1. The third-order valence-electron chi connectivity index (χ3n) is 3.03. The first-order valence-electron chi connectivity index (χ1n) is 6.48. The Morgan fingerprint density at radius 1 is 1.57 bits per heavy atom. The molecule has 0 spiro atoms. The molecule has 7 heteroatoms. The molecule has 2 N–H and O–H groups in total. The van der Waals surface area contributed by atoms with Crippen molar-refractivity contribution in [1.29, 1.82) is 0 Å². The van der Waals surface area contributed by atoms with Crippen LogP contribution in [0.2, 0.25) is 0 Å². The van der Waals surface area contributed by atoms with E-state index in [1.165, 1.54) is 18.7 Å². The number of carboxylic acid groups (broad SMARTS) is 1. The Labute approximate surface area is 135 Å². The first-order valence-corrected chi connectivity index (χ1v) is 8.43. The number of thioether (sulfide) groups is 1. The van der Waals surface area contributed by atoms with E-state index in [1.807, 2.05) is 18.2 Å². The van der Waals surface area contributed by atoms with Gasteiger partial charge >= 0.3 is 5.97 Å². The first kappa shape index (κ1) is 16.2. The Morgan fingerprint density at radius 3 is 3.00 bits per heavy atom. The van der Waals surface area contributed by atoms with E-state index in [-0.39, 0.29) is 12.0 Å². The lowest BCUT2D eigenvalue weighted by Crippen LogP contribution is -2.41. The van der Waals surface area contributed by atoms with E-state index < -0.39 is 12.0 Å². The van der Waals surface area contributed by atoms with Crippen molar-refractivity contribution in [1.82, 2.24) is 5.32 Å². The van der Waals surface area contributed by atoms with Crippen LogP contribution in [0.1, 0.15) is 12.5 Å². The summed E-state index contributed by atoms with van der Waals surface area (Å²) in [5.74, 6) is 0.555. The molecule has 21 heavy (non-hydrogen) atoms. The number of halogens is 1. The molecule has 2 atom stereocenters. The standard InChI is InChI=1S/C14H16BrNO4S/c1-8(17)16-12(14(18)19)7-21-6-11-5-9-4-10(15)2-3-13(9)20-11/h2-4,11-12H,5-7H2,1H3,(H,16,17)(H,18,19)/t11?,12-/m0/s1. The molecule has 0 saturated carbocycles. The van der Waals surface area contributed by atoms with E-state index in [2.05, 4.69) is 21.2 Å². The van der Waals surface area contributed by atoms with Gasteiger partial charge in [-0.25, -0.2) is 4.79 Å². The molecule has 0 saturated heterocycles. The van der Waals surface area contributed by atoms with Crippen LogP contribution in [0.5, 0.6) is 5.75 Å². The maximum atomic E-state index is 11.0. The highest BCUT2D eigenvalue weighted by atomic mass is 79.9. The molecule has 0 radical (unpaired) electrons. The zero-order valence-electron chi connectivity index (χ0n) is 11.5. The fourth-order valence-electron chi connectivity index (χ4n) is 2.12. The predicted octanol–water partition coefficient (Wildman–Crippen LogP) is 2.08. The van der Waals surface area contributed by atoms with Crippen molar-refractivity contribution in [2.45, 2.75) is 25.5 Å². The van der Waals surface area contributed by atoms with Gasteiger partial charge < -0.3 is 15.2 Å². The van der Waals surface area contributed by atoms with Gasteiger partial charge in [0.15, 0.2) is 0 Å². The van der Waals surface area contributed by atoms with Crippen molar-refractivity contribution in [3.05, 3.63) is 28.2 Å². The van der Waals surface area contributed by atoms with Crippen molar-refractivity contribution in [2.75, 3.05) is 11.5 Å². The molecule has 1 amide bonds. The van der Waals surface area contributed by atoms with Gasteiger partial charge in [0.2, 0.25) is 5.91 Å². The molecular formula is C14H16BrNO4S. The fraction of sp³-hybridized carbons (Fsp3) is 0.429. The second-order valence-corrected chi connectivity index (χ2v) is 6.82. The van der Waals surface area contributed by atoms with Crippen molar-refractivity contribution >= 4 is 39.6 Å². The number of rotatable bonds is 6. The van der Waals surface area contributed by atoms with Crippen LogP contribution in [0.3, 0.4) is 0 Å². The van der Waals surface area contributed by atoms with E-state index in [9.17, 15) is 9.59 Å². The van der Waals surface area contributed by atoms with E-state index >= 15 is 0 Å². The number of nitrogens with one attached hydrogen (secondary N) is 1. The Kier molecular flexibility index (Phi) is 5.52. The summed E-state index contributed by atoms with van der Waals surface area (Å²) >= 11 is 4.90. The minimum absolute atomic E-state index is 0.0473. The Bertz CT molecular complexity index is 552. The molecular weight excluding hydrogens is 358 g/mol. The summed E-state index contributed by atoms with van der Waals surface area (Å²) in [5.41, 5.74) is 1.16. The zero-order valence-corrected chi connectivity index (χ0v) is 13.9. The van der Waals surface area contributed by atoms with Gasteiger partial charge in [-0.05, 0) is 23.8 Å². The predicted molar refractivity (Wildman–Crippen MR) is 84.8 cm³/mol. The van der Waals surface area contributed by atoms with E-state index in [4.69, 9.17) is 9.84 Å². The highest BCUT2D eigenvalue weighted by molar-refractivity contribution is 9.10. The van der Waals surface area contributed by atoms with Crippen LogP contribution in [-0.2, 0) is 16.0 Å². The lowest BCUT2D eigenvalue weighted by Gasteiger charge is -2.14. The summed E-state index contributed by atoms with van der Waals surface area (Å²) in [6, 6.07) is 5.05. The average Bonchev–Trinajstić information content (AvgIpc) is 2.78. The topological polar surface area (TPSA) is 75.6 Å². The van der Waals surface area contributed by atoms with Crippen molar-refractivity contribution in [2.24, 2.45) is 0 Å². The molecule has 1 unspecified atom stereocenters. The second-order valence-electron chi connectivity index (χ2n) is 4.82. The molecule has 1 aliphatic heterocycles. The average molecular weight is 374 g/mol. The van der Waals surface area contributed by atoms with Gasteiger partial charge in [-0.1, -0.05) is 15.9 Å². The Balaban J connectivity index is 1.80. The summed E-state index contributed by atoms with van der Waals surface area (Å²) in [4.78, 5) is 22.0. The SMILES string of the molecule is CC(=O)N[C@@H](CSCC1Cc2cc(Br)ccc2O1)C(=O)O. The molecule has 1 aliphatic rings. The van der Waals surface area contributed by atoms with Crippen LogP contribution < -0.4 is 10.1 Å². The molecule has 1 aromatic carbocycles. The summed E-state index contributed by atoms with van der Waals surface area (Å²) in [6.45, 7) is 1.31. The second kappa shape index (κ2) is 7.17. The van der Waals surface area contributed by atoms with Crippen LogP contribution in [-0.4, -0.2) is 40.6 Å². The number of ether oxygens (including phenoxy) is 1. The molecule has 2 rings (SSSR count). The summed E-state index contributed by atoms with van der Waals surface area (Å²) in [7, 11) is 0. The molecule has 0 fully saturated rings. The van der Waals surface area contributed by atoms with Crippen LogP contribution in [0.4, 0.5) is 0 Å². The van der Waals surface area contributed by atoms with Crippen LogP contribution in [0.25, 0.3) is 0 Å². The Hall–Kier alpha value is -1.21. The van der Waals surface area contributed by atoms with Crippen molar-refractivity contribution in [3.8, 4) is 5.75 Å². The van der Waals surface area contributed by atoms with Crippen molar-refractivity contribution < 1.29 is 19.4 Å². The third kappa shape index (κ3) is 4.64. The van der Waals surface area contributed by atoms with E-state index in [0.717, 1.165) is 22.2 Å². The minimum Gasteiger partial charge on any atom is -0.489 e. The quantitative estimate of drug-likeness (QED) is 0.798. The lowest BCUT2D eigenvalue weighted by atomic mass is 10.1. The highest BCUT2D eigenvalue weighted by Crippen LogP contribution is 2.32. The largest absolute Gasteiger partial charge is 0.489 e. The third-order valence-corrected chi connectivity index (χ3v) is 4.70.